The number of hydrogen-bond donors (Lipinski definition) is 1. The van der Waals surface area contributed by atoms with Crippen LogP contribution in [0.4, 0.5) is 11.4 Å². The van der Waals surface area contributed by atoms with E-state index in [0.29, 0.717) is 0 Å². The summed E-state index contributed by atoms with van der Waals surface area (Å²) >= 11 is 0. The van der Waals surface area contributed by atoms with E-state index in [1.807, 2.05) is 6.92 Å². The molecule has 20 heavy (non-hydrogen) atoms. The lowest BCUT2D eigenvalue weighted by Crippen LogP contribution is -2.29. The minimum absolute atomic E-state index is 0.000584. The molecule has 1 aromatic rings. The first-order valence-electron chi connectivity index (χ1n) is 6.16. The second-order valence-corrected chi connectivity index (χ2v) is 4.99. The lowest BCUT2D eigenvalue weighted by atomic mass is 10.1. The predicted molar refractivity (Wildman–Crippen MR) is 72.2 cm³/mol. The third kappa shape index (κ3) is 2.34. The van der Waals surface area contributed by atoms with E-state index in [1.54, 1.807) is 13.0 Å². The van der Waals surface area contributed by atoms with Gasteiger partial charge in [0.2, 0.25) is 11.8 Å². The summed E-state index contributed by atoms with van der Waals surface area (Å²) in [6.45, 7) is 3.68. The number of nitro groups is 1. The lowest BCUT2D eigenvalue weighted by molar-refractivity contribution is -0.384. The van der Waals surface area contributed by atoms with E-state index in [1.165, 1.54) is 11.0 Å². The molecule has 106 valence electrons. The number of aryl methyl sites for hydroxylation is 2. The molecule has 0 bridgehead atoms. The van der Waals surface area contributed by atoms with Crippen LogP contribution in [0.25, 0.3) is 0 Å². The largest absolute Gasteiger partial charge is 0.369 e. The van der Waals surface area contributed by atoms with Crippen LogP contribution in [-0.2, 0) is 9.59 Å². The van der Waals surface area contributed by atoms with Gasteiger partial charge in [0.05, 0.1) is 10.8 Å². The first-order chi connectivity index (χ1) is 9.31. The Balaban J connectivity index is 2.47. The van der Waals surface area contributed by atoms with Crippen molar-refractivity contribution in [2.45, 2.75) is 20.3 Å². The quantitative estimate of drug-likeness (QED) is 0.658. The third-order valence-electron chi connectivity index (χ3n) is 3.61. The molecule has 1 unspecified atom stereocenters. The zero-order valence-corrected chi connectivity index (χ0v) is 11.3. The number of nitrogens with zero attached hydrogens (tertiary/aromatic N) is 2. The monoisotopic (exact) mass is 277 g/mol. The minimum atomic E-state index is -0.594. The predicted octanol–water partition coefficient (Wildman–Crippen LogP) is 1.05. The topological polar surface area (TPSA) is 107 Å². The highest BCUT2D eigenvalue weighted by Crippen LogP contribution is 2.35. The Morgan fingerprint density at radius 3 is 2.50 bits per heavy atom. The van der Waals surface area contributed by atoms with Crippen molar-refractivity contribution in [3.8, 4) is 0 Å². The number of anilines is 1. The molecule has 1 fully saturated rings. The molecule has 1 atom stereocenters. The van der Waals surface area contributed by atoms with Crippen molar-refractivity contribution in [1.82, 2.24) is 0 Å². The maximum atomic E-state index is 12.0. The molecule has 0 aliphatic carbocycles. The van der Waals surface area contributed by atoms with Crippen LogP contribution in [0.5, 0.6) is 0 Å². The Labute approximate surface area is 115 Å². The summed E-state index contributed by atoms with van der Waals surface area (Å²) in [6.07, 6.45) is -0.000584. The van der Waals surface area contributed by atoms with Gasteiger partial charge in [-0.05, 0) is 31.0 Å². The van der Waals surface area contributed by atoms with Gasteiger partial charge < -0.3 is 10.6 Å². The normalized spacial score (nSPS) is 18.4. The molecule has 1 heterocycles. The van der Waals surface area contributed by atoms with Gasteiger partial charge in [0.1, 0.15) is 5.69 Å². The van der Waals surface area contributed by atoms with Crippen molar-refractivity contribution in [2.24, 2.45) is 11.7 Å². The van der Waals surface area contributed by atoms with Gasteiger partial charge in [-0.3, -0.25) is 19.7 Å². The molecule has 0 aromatic heterocycles. The zero-order chi connectivity index (χ0) is 15.0. The van der Waals surface area contributed by atoms with Crippen LogP contribution in [0, 0.1) is 29.9 Å². The zero-order valence-electron chi connectivity index (χ0n) is 11.3. The first-order valence-corrected chi connectivity index (χ1v) is 6.16. The SMILES string of the molecule is Cc1cc(N2CC(C(N)=O)CC2=O)c([N+](=O)[O-])cc1C. The van der Waals surface area contributed by atoms with E-state index >= 15 is 0 Å². The number of benzene rings is 1. The summed E-state index contributed by atoms with van der Waals surface area (Å²) in [5, 5.41) is 11.1. The summed E-state index contributed by atoms with van der Waals surface area (Å²) in [6, 6.07) is 3.05. The van der Waals surface area contributed by atoms with Crippen molar-refractivity contribution in [1.29, 1.82) is 0 Å². The molecule has 2 N–H and O–H groups in total. The number of nitro benzene ring substituents is 1. The van der Waals surface area contributed by atoms with E-state index < -0.39 is 16.7 Å². The van der Waals surface area contributed by atoms with Crippen molar-refractivity contribution in [3.05, 3.63) is 33.4 Å². The molecular formula is C13H15N3O4. The van der Waals surface area contributed by atoms with E-state index in [9.17, 15) is 19.7 Å². The Morgan fingerprint density at radius 1 is 1.40 bits per heavy atom. The van der Waals surface area contributed by atoms with Crippen LogP contribution in [0.15, 0.2) is 12.1 Å². The minimum Gasteiger partial charge on any atom is -0.369 e. The molecule has 0 spiro atoms. The van der Waals surface area contributed by atoms with Gasteiger partial charge in [0.25, 0.3) is 5.69 Å². The lowest BCUT2D eigenvalue weighted by Gasteiger charge is -2.17. The molecule has 0 radical (unpaired) electrons. The standard InChI is InChI=1S/C13H15N3O4/c1-7-3-10(11(16(19)20)4-8(7)2)15-6-9(13(14)18)5-12(15)17/h3-4,9H,5-6H2,1-2H3,(H2,14,18). The Kier molecular flexibility index (Phi) is 3.44. The van der Waals surface area contributed by atoms with Gasteiger partial charge in [-0.2, -0.15) is 0 Å². The Morgan fingerprint density at radius 2 is 2.00 bits per heavy atom. The Hall–Kier alpha value is -2.44. The van der Waals surface area contributed by atoms with Gasteiger partial charge in [-0.15, -0.1) is 0 Å². The highest BCUT2D eigenvalue weighted by molar-refractivity contribution is 6.01. The molecule has 1 aliphatic rings. The first kappa shape index (κ1) is 14.0. The second kappa shape index (κ2) is 4.92. The summed E-state index contributed by atoms with van der Waals surface area (Å²) in [5.41, 5.74) is 6.92. The van der Waals surface area contributed by atoms with Crippen molar-refractivity contribution >= 4 is 23.2 Å². The van der Waals surface area contributed by atoms with Crippen LogP contribution in [0.3, 0.4) is 0 Å². The number of carbonyl (C=O) groups excluding carboxylic acids is 2. The molecule has 1 aliphatic heterocycles. The maximum Gasteiger partial charge on any atom is 0.293 e. The molecule has 2 amide bonds. The van der Waals surface area contributed by atoms with Gasteiger partial charge >= 0.3 is 0 Å². The van der Waals surface area contributed by atoms with Crippen LogP contribution >= 0.6 is 0 Å². The van der Waals surface area contributed by atoms with Gasteiger partial charge in [-0.1, -0.05) is 0 Å². The van der Waals surface area contributed by atoms with Crippen molar-refractivity contribution in [3.63, 3.8) is 0 Å². The summed E-state index contributed by atoms with van der Waals surface area (Å²) in [7, 11) is 0. The number of amides is 2. The molecule has 0 saturated carbocycles. The molecule has 1 aromatic carbocycles. The fourth-order valence-electron chi connectivity index (χ4n) is 2.28. The summed E-state index contributed by atoms with van der Waals surface area (Å²) < 4.78 is 0. The van der Waals surface area contributed by atoms with Gasteiger partial charge in [0, 0.05) is 19.0 Å². The van der Waals surface area contributed by atoms with Crippen LogP contribution in [0.1, 0.15) is 17.5 Å². The van der Waals surface area contributed by atoms with E-state index in [-0.39, 0.29) is 30.2 Å². The third-order valence-corrected chi connectivity index (χ3v) is 3.61. The molecule has 7 heteroatoms. The maximum absolute atomic E-state index is 12.0. The molecule has 2 rings (SSSR count). The number of nitrogens with two attached hydrogens (primary N) is 1. The fraction of sp³-hybridized carbons (Fsp3) is 0.385. The summed E-state index contributed by atoms with van der Waals surface area (Å²) in [4.78, 5) is 35.0. The number of rotatable bonds is 3. The van der Waals surface area contributed by atoms with Gasteiger partial charge in [-0.25, -0.2) is 0 Å². The second-order valence-electron chi connectivity index (χ2n) is 4.99. The molecule has 1 saturated heterocycles. The highest BCUT2D eigenvalue weighted by atomic mass is 16.6. The van der Waals surface area contributed by atoms with Crippen molar-refractivity contribution < 1.29 is 14.5 Å². The van der Waals surface area contributed by atoms with Gasteiger partial charge in [0.15, 0.2) is 0 Å². The number of carbonyl (C=O) groups is 2. The molecular weight excluding hydrogens is 262 g/mol. The highest BCUT2D eigenvalue weighted by Gasteiger charge is 2.37. The van der Waals surface area contributed by atoms with E-state index in [0.717, 1.165) is 11.1 Å². The summed E-state index contributed by atoms with van der Waals surface area (Å²) in [5.74, 6) is -1.48. The van der Waals surface area contributed by atoms with E-state index in [2.05, 4.69) is 0 Å². The Bertz CT molecular complexity index is 612. The van der Waals surface area contributed by atoms with Crippen LogP contribution in [-0.4, -0.2) is 23.3 Å². The average molecular weight is 277 g/mol. The van der Waals surface area contributed by atoms with E-state index in [4.69, 9.17) is 5.73 Å². The fourth-order valence-corrected chi connectivity index (χ4v) is 2.28. The van der Waals surface area contributed by atoms with Crippen LogP contribution < -0.4 is 10.6 Å². The number of primary amides is 1. The number of hydrogen-bond acceptors (Lipinski definition) is 4. The smallest absolute Gasteiger partial charge is 0.293 e. The molecule has 7 nitrogen and oxygen atoms in total. The van der Waals surface area contributed by atoms with Crippen LogP contribution in [0.2, 0.25) is 0 Å². The average Bonchev–Trinajstić information content (AvgIpc) is 2.74. The van der Waals surface area contributed by atoms with Crippen molar-refractivity contribution in [2.75, 3.05) is 11.4 Å².